The maximum absolute atomic E-state index is 13.9. The Hall–Kier alpha value is -2.51. The van der Waals surface area contributed by atoms with Gasteiger partial charge in [0.1, 0.15) is 5.69 Å². The molecular weight excluding hydrogens is 522 g/mol. The summed E-state index contributed by atoms with van der Waals surface area (Å²) in [5, 5.41) is 4.16. The third-order valence-electron chi connectivity index (χ3n) is 6.88. The van der Waals surface area contributed by atoms with Crippen molar-refractivity contribution in [1.29, 1.82) is 0 Å². The Morgan fingerprint density at radius 2 is 1.91 bits per heavy atom. The first-order chi connectivity index (χ1) is 16.9. The maximum Gasteiger partial charge on any atom is 0.274 e. The summed E-state index contributed by atoms with van der Waals surface area (Å²) in [5.74, 6) is 0.360. The molecule has 2 amide bonds. The number of benzene rings is 2. The second-order valence-electron chi connectivity index (χ2n) is 9.67. The van der Waals surface area contributed by atoms with Gasteiger partial charge in [0.05, 0.1) is 15.4 Å². The van der Waals surface area contributed by atoms with Crippen LogP contribution in [0.25, 0.3) is 10.4 Å². The average Bonchev–Trinajstić information content (AvgIpc) is 3.62. The molecule has 1 N–H and O–H groups in total. The number of thiazole rings is 1. The van der Waals surface area contributed by atoms with Crippen molar-refractivity contribution in [3.63, 3.8) is 0 Å². The Morgan fingerprint density at radius 3 is 2.69 bits per heavy atom. The van der Waals surface area contributed by atoms with Crippen LogP contribution in [0.2, 0.25) is 0 Å². The number of amides is 2. The first-order valence-electron chi connectivity index (χ1n) is 12.3. The molecule has 1 aliphatic carbocycles. The number of halogens is 1. The van der Waals surface area contributed by atoms with Crippen LogP contribution in [-0.2, 0) is 0 Å². The zero-order valence-corrected chi connectivity index (χ0v) is 22.5. The molecule has 2 aromatic carbocycles. The Kier molecular flexibility index (Phi) is 7.07. The number of rotatable bonds is 6. The number of likely N-dealkylation sites (tertiary alicyclic amines) is 1. The number of carbonyl (C=O) groups is 2. The smallest absolute Gasteiger partial charge is 0.274 e. The van der Waals surface area contributed by atoms with Crippen molar-refractivity contribution in [1.82, 2.24) is 15.2 Å². The molecule has 182 valence electrons. The van der Waals surface area contributed by atoms with Crippen LogP contribution in [-0.4, -0.2) is 40.8 Å². The summed E-state index contributed by atoms with van der Waals surface area (Å²) in [4.78, 5) is 34.6. The first-order valence-corrected chi connectivity index (χ1v) is 14.0. The van der Waals surface area contributed by atoms with Crippen molar-refractivity contribution in [2.24, 2.45) is 0 Å². The second-order valence-corrected chi connectivity index (χ2v) is 11.5. The molecule has 2 aliphatic rings. The van der Waals surface area contributed by atoms with E-state index >= 15 is 0 Å². The van der Waals surface area contributed by atoms with E-state index in [0.717, 1.165) is 57.6 Å². The SMILES string of the molecule is Cc1cccc(-c2sc(C3CC3)nc2C(=O)N2CCCCC2CNC(=O)c2cccc(C)c2Br)c1. The van der Waals surface area contributed by atoms with Crippen molar-refractivity contribution in [3.05, 3.63) is 74.3 Å². The lowest BCUT2D eigenvalue weighted by Crippen LogP contribution is -2.49. The molecule has 1 atom stereocenters. The highest BCUT2D eigenvalue weighted by Crippen LogP contribution is 2.45. The molecule has 2 fully saturated rings. The Balaban J connectivity index is 1.38. The molecule has 1 saturated carbocycles. The highest BCUT2D eigenvalue weighted by atomic mass is 79.9. The molecular formula is C28H30BrN3O2S. The topological polar surface area (TPSA) is 62.3 Å². The van der Waals surface area contributed by atoms with Crippen molar-refractivity contribution in [3.8, 4) is 10.4 Å². The van der Waals surface area contributed by atoms with E-state index in [1.54, 1.807) is 11.3 Å². The van der Waals surface area contributed by atoms with Crippen molar-refractivity contribution >= 4 is 39.1 Å². The number of nitrogens with one attached hydrogen (secondary N) is 1. The van der Waals surface area contributed by atoms with E-state index in [4.69, 9.17) is 4.98 Å². The molecule has 0 spiro atoms. The highest BCUT2D eigenvalue weighted by molar-refractivity contribution is 9.10. The standard InChI is InChI=1S/C28H30BrN3O2S/c1-17-7-5-9-20(15-17)25-24(31-27(35-25)19-12-13-19)28(34)32-14-4-3-10-21(32)16-30-26(33)22-11-6-8-18(2)23(22)29/h5-9,11,15,19,21H,3-4,10,12-14,16H2,1-2H3,(H,30,33). The van der Waals surface area contributed by atoms with Gasteiger partial charge in [-0.05, 0) is 79.1 Å². The van der Waals surface area contributed by atoms with Crippen LogP contribution < -0.4 is 5.32 Å². The minimum Gasteiger partial charge on any atom is -0.350 e. The van der Waals surface area contributed by atoms with Crippen LogP contribution in [0.3, 0.4) is 0 Å². The predicted octanol–water partition coefficient (Wildman–Crippen LogP) is 6.49. The quantitative estimate of drug-likeness (QED) is 0.380. The van der Waals surface area contributed by atoms with Crippen LogP contribution >= 0.6 is 27.3 Å². The van der Waals surface area contributed by atoms with E-state index in [1.165, 1.54) is 5.56 Å². The van der Waals surface area contributed by atoms with Crippen molar-refractivity contribution in [2.75, 3.05) is 13.1 Å². The summed E-state index contributed by atoms with van der Waals surface area (Å²) in [5.41, 5.74) is 4.44. The lowest BCUT2D eigenvalue weighted by Gasteiger charge is -2.35. The molecule has 1 aliphatic heterocycles. The normalized spacial score (nSPS) is 17.9. The fourth-order valence-electron chi connectivity index (χ4n) is 4.71. The van der Waals surface area contributed by atoms with Gasteiger partial charge in [0, 0.05) is 29.5 Å². The zero-order valence-electron chi connectivity index (χ0n) is 20.1. The largest absolute Gasteiger partial charge is 0.350 e. The molecule has 2 heterocycles. The number of carbonyl (C=O) groups excluding carboxylic acids is 2. The van der Waals surface area contributed by atoms with Crippen LogP contribution in [0, 0.1) is 13.8 Å². The Bertz CT molecular complexity index is 1270. The molecule has 3 aromatic rings. The van der Waals surface area contributed by atoms with Gasteiger partial charge in [-0.3, -0.25) is 9.59 Å². The van der Waals surface area contributed by atoms with E-state index in [2.05, 4.69) is 46.4 Å². The van der Waals surface area contributed by atoms with E-state index in [9.17, 15) is 9.59 Å². The number of aromatic nitrogens is 1. The van der Waals surface area contributed by atoms with Crippen molar-refractivity contribution < 1.29 is 9.59 Å². The molecule has 0 radical (unpaired) electrons. The Morgan fingerprint density at radius 1 is 1.11 bits per heavy atom. The van der Waals surface area contributed by atoms with Crippen LogP contribution in [0.1, 0.15) is 75.0 Å². The lowest BCUT2D eigenvalue weighted by molar-refractivity contribution is 0.0598. The zero-order chi connectivity index (χ0) is 24.5. The van der Waals surface area contributed by atoms with Gasteiger partial charge in [-0.1, -0.05) is 42.0 Å². The lowest BCUT2D eigenvalue weighted by atomic mass is 10.0. The van der Waals surface area contributed by atoms with E-state index in [-0.39, 0.29) is 17.9 Å². The average molecular weight is 553 g/mol. The fourth-order valence-corrected chi connectivity index (χ4v) is 6.38. The number of hydrogen-bond donors (Lipinski definition) is 1. The second kappa shape index (κ2) is 10.2. The van der Waals surface area contributed by atoms with Gasteiger partial charge in [0.2, 0.25) is 0 Å². The van der Waals surface area contributed by atoms with Gasteiger partial charge in [0.15, 0.2) is 0 Å². The molecule has 35 heavy (non-hydrogen) atoms. The third kappa shape index (κ3) is 5.21. The third-order valence-corrected chi connectivity index (χ3v) is 9.20. The number of hydrogen-bond acceptors (Lipinski definition) is 4. The van der Waals surface area contributed by atoms with E-state index in [1.807, 2.05) is 36.1 Å². The van der Waals surface area contributed by atoms with Crippen LogP contribution in [0.15, 0.2) is 46.9 Å². The van der Waals surface area contributed by atoms with Gasteiger partial charge < -0.3 is 10.2 Å². The van der Waals surface area contributed by atoms with Gasteiger partial charge in [-0.2, -0.15) is 0 Å². The minimum atomic E-state index is -0.122. The van der Waals surface area contributed by atoms with Crippen LogP contribution in [0.4, 0.5) is 0 Å². The van der Waals surface area contributed by atoms with Gasteiger partial charge in [-0.25, -0.2) is 4.98 Å². The van der Waals surface area contributed by atoms with Gasteiger partial charge in [-0.15, -0.1) is 11.3 Å². The summed E-state index contributed by atoms with van der Waals surface area (Å²) in [6.07, 6.45) is 5.20. The van der Waals surface area contributed by atoms with E-state index in [0.29, 0.717) is 30.3 Å². The summed E-state index contributed by atoms with van der Waals surface area (Å²) in [6, 6.07) is 14.0. The predicted molar refractivity (Wildman–Crippen MR) is 144 cm³/mol. The fraction of sp³-hybridized carbons (Fsp3) is 0.393. The summed E-state index contributed by atoms with van der Waals surface area (Å²) >= 11 is 5.20. The maximum atomic E-state index is 13.9. The monoisotopic (exact) mass is 551 g/mol. The minimum absolute atomic E-state index is 0.0136. The summed E-state index contributed by atoms with van der Waals surface area (Å²) in [6.45, 7) is 5.17. The summed E-state index contributed by atoms with van der Waals surface area (Å²) < 4.78 is 0.812. The molecule has 1 unspecified atom stereocenters. The molecule has 0 bridgehead atoms. The van der Waals surface area contributed by atoms with Gasteiger partial charge in [0.25, 0.3) is 11.8 Å². The Labute approximate surface area is 219 Å². The number of piperidine rings is 1. The van der Waals surface area contributed by atoms with Crippen LogP contribution in [0.5, 0.6) is 0 Å². The summed E-state index contributed by atoms with van der Waals surface area (Å²) in [7, 11) is 0. The molecule has 7 heteroatoms. The first kappa shape index (κ1) is 24.2. The van der Waals surface area contributed by atoms with E-state index < -0.39 is 0 Å². The number of aryl methyl sites for hydroxylation is 2. The molecule has 5 nitrogen and oxygen atoms in total. The van der Waals surface area contributed by atoms with Crippen molar-refractivity contribution in [2.45, 2.75) is 57.9 Å². The molecule has 1 saturated heterocycles. The number of nitrogens with zero attached hydrogens (tertiary/aromatic N) is 2. The highest BCUT2D eigenvalue weighted by Gasteiger charge is 2.34. The molecule has 5 rings (SSSR count). The molecule has 1 aromatic heterocycles. The van der Waals surface area contributed by atoms with Gasteiger partial charge >= 0.3 is 0 Å².